The van der Waals surface area contributed by atoms with Gasteiger partial charge in [0.2, 0.25) is 11.8 Å². The Morgan fingerprint density at radius 1 is 1.14 bits per heavy atom. The fourth-order valence-corrected chi connectivity index (χ4v) is 5.37. The molecule has 13 heteroatoms. The van der Waals surface area contributed by atoms with Crippen LogP contribution >= 0.6 is 12.4 Å². The number of carbonyl (C=O) groups is 3. The number of nitrogens with one attached hydrogen (secondary N) is 2. The topological polar surface area (TPSA) is 149 Å². The molecule has 0 saturated carbocycles. The zero-order valence-corrected chi connectivity index (χ0v) is 25.2. The molecule has 11 nitrogen and oxygen atoms in total. The Bertz CT molecular complexity index is 1670. The highest BCUT2D eigenvalue weighted by Crippen LogP contribution is 2.38. The van der Waals surface area contributed by atoms with Crippen molar-refractivity contribution in [3.05, 3.63) is 65.7 Å². The van der Waals surface area contributed by atoms with Crippen LogP contribution in [0.2, 0.25) is 0 Å². The average Bonchev–Trinajstić information content (AvgIpc) is 3.06. The van der Waals surface area contributed by atoms with Crippen LogP contribution in [0.15, 0.2) is 54.6 Å². The molecule has 4 rings (SSSR count). The van der Waals surface area contributed by atoms with E-state index in [1.54, 1.807) is 26.1 Å². The van der Waals surface area contributed by atoms with Gasteiger partial charge in [0.25, 0.3) is 5.91 Å². The second-order valence-corrected chi connectivity index (χ2v) is 12.0. The van der Waals surface area contributed by atoms with E-state index in [0.29, 0.717) is 11.3 Å². The number of sulfone groups is 1. The third kappa shape index (κ3) is 6.82. The van der Waals surface area contributed by atoms with E-state index in [9.17, 15) is 28.1 Å². The van der Waals surface area contributed by atoms with E-state index in [1.807, 2.05) is 36.4 Å². The summed E-state index contributed by atoms with van der Waals surface area (Å²) in [6, 6.07) is 16.0. The third-order valence-corrected chi connectivity index (χ3v) is 7.75. The number of amides is 3. The van der Waals surface area contributed by atoms with E-state index in [1.165, 1.54) is 24.1 Å². The van der Waals surface area contributed by atoms with E-state index in [4.69, 9.17) is 4.74 Å². The van der Waals surface area contributed by atoms with Gasteiger partial charge in [-0.05, 0) is 49.0 Å². The minimum Gasteiger partial charge on any atom is -0.496 e. The zero-order chi connectivity index (χ0) is 29.9. The number of rotatable bonds is 8. The quantitative estimate of drug-likeness (QED) is 0.393. The van der Waals surface area contributed by atoms with Gasteiger partial charge in [-0.15, -0.1) is 12.4 Å². The molecule has 222 valence electrons. The molecule has 0 aromatic heterocycles. The van der Waals surface area contributed by atoms with Gasteiger partial charge in [-0.3, -0.25) is 14.4 Å². The Labute approximate surface area is 250 Å². The van der Waals surface area contributed by atoms with Gasteiger partial charge in [-0.25, -0.2) is 8.42 Å². The molecule has 0 radical (unpaired) electrons. The molecule has 2 atom stereocenters. The van der Waals surface area contributed by atoms with Crippen LogP contribution in [0.1, 0.15) is 18.1 Å². The summed E-state index contributed by atoms with van der Waals surface area (Å²) in [5.74, 6) is -2.07. The van der Waals surface area contributed by atoms with E-state index in [2.05, 4.69) is 10.6 Å². The molecule has 2 unspecified atom stereocenters. The molecular weight excluding hydrogens is 582 g/mol. The Balaban J connectivity index is 0.00000484. The number of fused-ring (bicyclic) bond motifs is 2. The molecule has 0 spiro atoms. The summed E-state index contributed by atoms with van der Waals surface area (Å²) in [7, 11) is -0.615. The maximum absolute atomic E-state index is 14.2. The van der Waals surface area contributed by atoms with Gasteiger partial charge in [0.15, 0.2) is 9.84 Å². The van der Waals surface area contributed by atoms with E-state index < -0.39 is 45.4 Å². The Morgan fingerprint density at radius 2 is 1.86 bits per heavy atom. The van der Waals surface area contributed by atoms with E-state index in [0.717, 1.165) is 21.9 Å². The van der Waals surface area contributed by atoms with Crippen molar-refractivity contribution in [3.63, 3.8) is 0 Å². The molecular formula is C29H32ClN5O6S. The number of methoxy groups -OCH3 is 1. The highest BCUT2D eigenvalue weighted by atomic mass is 35.5. The predicted octanol–water partition coefficient (Wildman–Crippen LogP) is 2.16. The van der Waals surface area contributed by atoms with Gasteiger partial charge in [0.05, 0.1) is 49.2 Å². The summed E-state index contributed by atoms with van der Waals surface area (Å²) in [4.78, 5) is 43.1. The predicted molar refractivity (Wildman–Crippen MR) is 163 cm³/mol. The number of hydrogen-bond acceptors (Lipinski definition) is 8. The Morgan fingerprint density at radius 3 is 2.50 bits per heavy atom. The lowest BCUT2D eigenvalue weighted by Crippen LogP contribution is -2.56. The van der Waals surface area contributed by atoms with Gasteiger partial charge in [-0.2, -0.15) is 5.26 Å². The lowest BCUT2D eigenvalue weighted by molar-refractivity contribution is -0.128. The molecule has 1 aliphatic heterocycles. The lowest BCUT2D eigenvalue weighted by Gasteiger charge is -2.27. The number of likely N-dealkylation sites (N-methyl/N-ethyl adjacent to an activating group) is 1. The first-order valence-corrected chi connectivity index (χ1v) is 14.9. The van der Waals surface area contributed by atoms with Crippen LogP contribution in [0, 0.1) is 11.3 Å². The first-order valence-electron chi connectivity index (χ1n) is 12.8. The van der Waals surface area contributed by atoms with Crippen molar-refractivity contribution in [2.75, 3.05) is 42.5 Å². The van der Waals surface area contributed by atoms with Crippen molar-refractivity contribution in [2.24, 2.45) is 0 Å². The van der Waals surface area contributed by atoms with Crippen molar-refractivity contribution in [3.8, 4) is 11.8 Å². The third-order valence-electron chi connectivity index (χ3n) is 6.98. The van der Waals surface area contributed by atoms with Crippen LogP contribution in [0.5, 0.6) is 5.75 Å². The van der Waals surface area contributed by atoms with Crippen LogP contribution in [0.25, 0.3) is 10.8 Å². The minimum absolute atomic E-state index is 0. The van der Waals surface area contributed by atoms with Crippen molar-refractivity contribution in [1.82, 2.24) is 10.6 Å². The Hall–Kier alpha value is -4.18. The van der Waals surface area contributed by atoms with Crippen LogP contribution < -0.4 is 25.2 Å². The highest BCUT2D eigenvalue weighted by Gasteiger charge is 2.38. The van der Waals surface area contributed by atoms with Crippen molar-refractivity contribution in [1.29, 1.82) is 5.26 Å². The van der Waals surface area contributed by atoms with Crippen LogP contribution in [0.4, 0.5) is 11.4 Å². The van der Waals surface area contributed by atoms with Gasteiger partial charge in [0.1, 0.15) is 17.5 Å². The smallest absolute Gasteiger partial charge is 0.251 e. The molecule has 1 aliphatic rings. The van der Waals surface area contributed by atoms with E-state index in [-0.39, 0.29) is 42.4 Å². The van der Waals surface area contributed by atoms with Gasteiger partial charge < -0.3 is 25.2 Å². The van der Waals surface area contributed by atoms with Gasteiger partial charge in [0, 0.05) is 11.8 Å². The standard InChI is InChI=1S/C29H31N5O6S.ClH/c1-18(31-2)28(36)32-23-16-33(27(35)17-41(4,38)39)25-13-19(14-30)9-11-24(25)34(29(23)37)15-22-21-8-6-5-7-20(21)10-12-26(22)40-3;/h5-13,18,23,31H,15-17H2,1-4H3,(H,32,36);1H. The number of carbonyl (C=O) groups excluding carboxylic acids is 3. The number of nitriles is 1. The van der Waals surface area contributed by atoms with E-state index >= 15 is 0 Å². The SMILES string of the molecule is CNC(C)C(=O)NC1CN(C(=O)CS(C)(=O)=O)c2cc(C#N)ccc2N(Cc2c(OC)ccc3ccccc23)C1=O.Cl. The maximum atomic E-state index is 14.2. The summed E-state index contributed by atoms with van der Waals surface area (Å²) in [5.41, 5.74) is 1.37. The Kier molecular flexibility index (Phi) is 10.2. The summed E-state index contributed by atoms with van der Waals surface area (Å²) in [6.45, 7) is 1.29. The summed E-state index contributed by atoms with van der Waals surface area (Å²) in [5, 5.41) is 16.9. The number of hydrogen-bond donors (Lipinski definition) is 2. The van der Waals surface area contributed by atoms with Gasteiger partial charge >= 0.3 is 0 Å². The first kappa shape index (κ1) is 32.3. The zero-order valence-electron chi connectivity index (χ0n) is 23.6. The summed E-state index contributed by atoms with van der Waals surface area (Å²) >= 11 is 0. The average molecular weight is 614 g/mol. The fraction of sp³-hybridized carbons (Fsp3) is 0.310. The number of nitrogens with zero attached hydrogens (tertiary/aromatic N) is 3. The van der Waals surface area contributed by atoms with Crippen LogP contribution in [0.3, 0.4) is 0 Å². The molecule has 0 aliphatic carbocycles. The normalized spacial score (nSPS) is 15.6. The van der Waals surface area contributed by atoms with Crippen LogP contribution in [-0.4, -0.2) is 70.9 Å². The molecule has 3 amide bonds. The monoisotopic (exact) mass is 613 g/mol. The van der Waals surface area contributed by atoms with Crippen LogP contribution in [-0.2, 0) is 30.8 Å². The number of benzene rings is 3. The molecule has 42 heavy (non-hydrogen) atoms. The lowest BCUT2D eigenvalue weighted by atomic mass is 10.0. The largest absolute Gasteiger partial charge is 0.496 e. The maximum Gasteiger partial charge on any atom is 0.251 e. The molecule has 3 aromatic rings. The molecule has 0 fully saturated rings. The molecule has 2 N–H and O–H groups in total. The fourth-order valence-electron chi connectivity index (χ4n) is 4.77. The van der Waals surface area contributed by atoms with Crippen molar-refractivity contribution < 1.29 is 27.5 Å². The number of halogens is 1. The summed E-state index contributed by atoms with van der Waals surface area (Å²) < 4.78 is 29.8. The second-order valence-electron chi connectivity index (χ2n) is 9.85. The summed E-state index contributed by atoms with van der Waals surface area (Å²) in [6.07, 6.45) is 0.938. The second kappa shape index (κ2) is 13.2. The van der Waals surface area contributed by atoms with Crippen molar-refractivity contribution in [2.45, 2.75) is 25.6 Å². The minimum atomic E-state index is -3.74. The van der Waals surface area contributed by atoms with Crippen molar-refractivity contribution >= 4 is 62.1 Å². The van der Waals surface area contributed by atoms with Gasteiger partial charge in [-0.1, -0.05) is 30.3 Å². The number of ether oxygens (including phenoxy) is 1. The molecule has 1 heterocycles. The molecule has 0 saturated heterocycles. The highest BCUT2D eigenvalue weighted by molar-refractivity contribution is 7.91. The molecule has 3 aromatic carbocycles. The number of anilines is 2. The molecule has 0 bridgehead atoms. The first-order chi connectivity index (χ1) is 19.5.